The zero-order valence-corrected chi connectivity index (χ0v) is 14.0. The van der Waals surface area contributed by atoms with Crippen LogP contribution in [0.4, 0.5) is 0 Å². The van der Waals surface area contributed by atoms with E-state index in [0.29, 0.717) is 18.0 Å². The maximum absolute atomic E-state index is 5.99. The summed E-state index contributed by atoms with van der Waals surface area (Å²) < 4.78 is 0. The highest BCUT2D eigenvalue weighted by molar-refractivity contribution is 6.30. The molecule has 112 valence electrons. The van der Waals surface area contributed by atoms with Crippen LogP contribution in [0.3, 0.4) is 0 Å². The lowest BCUT2D eigenvalue weighted by Crippen LogP contribution is -2.28. The average molecular weight is 302 g/mol. The SMILES string of the molecule is Cc1cccc(C(C)NC(c2ccc(Cl)cc2)C(C)C)c1. The van der Waals surface area contributed by atoms with Crippen molar-refractivity contribution in [2.75, 3.05) is 0 Å². The van der Waals surface area contributed by atoms with Crippen molar-refractivity contribution in [1.82, 2.24) is 5.32 Å². The van der Waals surface area contributed by atoms with Crippen molar-refractivity contribution in [2.24, 2.45) is 5.92 Å². The number of benzene rings is 2. The van der Waals surface area contributed by atoms with Crippen molar-refractivity contribution in [3.8, 4) is 0 Å². The molecule has 0 fully saturated rings. The van der Waals surface area contributed by atoms with Crippen molar-refractivity contribution in [3.05, 3.63) is 70.2 Å². The Morgan fingerprint density at radius 1 is 0.905 bits per heavy atom. The third kappa shape index (κ3) is 4.33. The monoisotopic (exact) mass is 301 g/mol. The third-order valence-corrected chi connectivity index (χ3v) is 4.12. The molecule has 0 aliphatic rings. The minimum absolute atomic E-state index is 0.313. The Kier molecular flexibility index (Phi) is 5.44. The maximum Gasteiger partial charge on any atom is 0.0406 e. The summed E-state index contributed by atoms with van der Waals surface area (Å²) >= 11 is 5.99. The van der Waals surface area contributed by atoms with Crippen molar-refractivity contribution >= 4 is 11.6 Å². The molecule has 0 spiro atoms. The van der Waals surface area contributed by atoms with Crippen molar-refractivity contribution in [3.63, 3.8) is 0 Å². The van der Waals surface area contributed by atoms with Gasteiger partial charge >= 0.3 is 0 Å². The van der Waals surface area contributed by atoms with Gasteiger partial charge in [-0.2, -0.15) is 0 Å². The van der Waals surface area contributed by atoms with Crippen LogP contribution < -0.4 is 5.32 Å². The predicted molar refractivity (Wildman–Crippen MR) is 91.8 cm³/mol. The van der Waals surface area contributed by atoms with Crippen LogP contribution in [0.1, 0.15) is 49.5 Å². The van der Waals surface area contributed by atoms with Gasteiger partial charge in [-0.25, -0.2) is 0 Å². The molecule has 1 nitrogen and oxygen atoms in total. The van der Waals surface area contributed by atoms with Crippen LogP contribution in [0.25, 0.3) is 0 Å². The van der Waals surface area contributed by atoms with E-state index in [1.54, 1.807) is 0 Å². The van der Waals surface area contributed by atoms with Crippen LogP contribution in [0.5, 0.6) is 0 Å². The molecule has 2 atom stereocenters. The molecule has 0 radical (unpaired) electrons. The van der Waals surface area contributed by atoms with Crippen LogP contribution in [-0.2, 0) is 0 Å². The van der Waals surface area contributed by atoms with Crippen LogP contribution in [-0.4, -0.2) is 0 Å². The van der Waals surface area contributed by atoms with Gasteiger partial charge in [-0.15, -0.1) is 0 Å². The Hall–Kier alpha value is -1.31. The van der Waals surface area contributed by atoms with E-state index >= 15 is 0 Å². The Morgan fingerprint density at radius 3 is 2.14 bits per heavy atom. The Morgan fingerprint density at radius 2 is 1.57 bits per heavy atom. The number of halogens is 1. The fourth-order valence-electron chi connectivity index (χ4n) is 2.65. The lowest BCUT2D eigenvalue weighted by molar-refractivity contribution is 0.374. The molecular weight excluding hydrogens is 278 g/mol. The Labute approximate surface area is 133 Å². The zero-order valence-electron chi connectivity index (χ0n) is 13.2. The molecule has 2 aromatic rings. The lowest BCUT2D eigenvalue weighted by Gasteiger charge is -2.27. The minimum Gasteiger partial charge on any atom is -0.303 e. The van der Waals surface area contributed by atoms with Crippen LogP contribution in [0.2, 0.25) is 5.02 Å². The minimum atomic E-state index is 0.313. The number of nitrogens with one attached hydrogen (secondary N) is 1. The molecule has 1 N–H and O–H groups in total. The van der Waals surface area contributed by atoms with E-state index in [1.165, 1.54) is 16.7 Å². The van der Waals surface area contributed by atoms with E-state index < -0.39 is 0 Å². The van der Waals surface area contributed by atoms with Gasteiger partial charge in [0.25, 0.3) is 0 Å². The number of hydrogen-bond donors (Lipinski definition) is 1. The normalized spacial score (nSPS) is 14.2. The summed E-state index contributed by atoms with van der Waals surface area (Å²) in [5.74, 6) is 0.512. The quantitative estimate of drug-likeness (QED) is 0.747. The van der Waals surface area contributed by atoms with Crippen molar-refractivity contribution < 1.29 is 0 Å². The molecular formula is C19H24ClN. The third-order valence-electron chi connectivity index (χ3n) is 3.87. The average Bonchev–Trinajstić information content (AvgIpc) is 2.45. The number of aryl methyl sites for hydroxylation is 1. The molecule has 0 aromatic heterocycles. The van der Waals surface area contributed by atoms with Gasteiger partial charge in [0, 0.05) is 17.1 Å². The second-order valence-electron chi connectivity index (χ2n) is 6.08. The molecule has 2 unspecified atom stereocenters. The highest BCUT2D eigenvalue weighted by Crippen LogP contribution is 2.27. The number of hydrogen-bond acceptors (Lipinski definition) is 1. The molecule has 0 amide bonds. The first-order chi connectivity index (χ1) is 9.97. The standard InChI is InChI=1S/C19H24ClN/c1-13(2)19(16-8-10-18(20)11-9-16)21-15(4)17-7-5-6-14(3)12-17/h5-13,15,19,21H,1-4H3. The highest BCUT2D eigenvalue weighted by atomic mass is 35.5. The van der Waals surface area contributed by atoms with Crippen molar-refractivity contribution in [1.29, 1.82) is 0 Å². The summed E-state index contributed by atoms with van der Waals surface area (Å²) in [5, 5.41) is 4.54. The molecule has 0 saturated heterocycles. The molecule has 2 aromatic carbocycles. The van der Waals surface area contributed by atoms with Crippen LogP contribution in [0.15, 0.2) is 48.5 Å². The fraction of sp³-hybridized carbons (Fsp3) is 0.368. The molecule has 0 aliphatic heterocycles. The van der Waals surface area contributed by atoms with Gasteiger partial charge in [0.05, 0.1) is 0 Å². The van der Waals surface area contributed by atoms with E-state index in [2.05, 4.69) is 69.4 Å². The summed E-state index contributed by atoms with van der Waals surface area (Å²) in [6.07, 6.45) is 0. The van der Waals surface area contributed by atoms with Gasteiger partial charge in [0.15, 0.2) is 0 Å². The summed E-state index contributed by atoms with van der Waals surface area (Å²) in [4.78, 5) is 0. The molecule has 0 aliphatic carbocycles. The molecule has 0 saturated carbocycles. The predicted octanol–water partition coefficient (Wildman–Crippen LogP) is 5.70. The Balaban J connectivity index is 2.18. The van der Waals surface area contributed by atoms with E-state index in [0.717, 1.165) is 5.02 Å². The first kappa shape index (κ1) is 16.1. The summed E-state index contributed by atoms with van der Waals surface area (Å²) in [7, 11) is 0. The zero-order chi connectivity index (χ0) is 15.4. The Bertz CT molecular complexity index is 574. The van der Waals surface area contributed by atoms with Crippen molar-refractivity contribution in [2.45, 2.75) is 39.8 Å². The largest absolute Gasteiger partial charge is 0.303 e. The van der Waals surface area contributed by atoms with Gasteiger partial charge < -0.3 is 5.32 Å². The second kappa shape index (κ2) is 7.11. The van der Waals surface area contributed by atoms with Gasteiger partial charge in [0.2, 0.25) is 0 Å². The first-order valence-electron chi connectivity index (χ1n) is 7.55. The highest BCUT2D eigenvalue weighted by Gasteiger charge is 2.18. The van der Waals surface area contributed by atoms with Gasteiger partial charge in [-0.05, 0) is 43.0 Å². The van der Waals surface area contributed by atoms with Gasteiger partial charge in [0.1, 0.15) is 0 Å². The summed E-state index contributed by atoms with van der Waals surface area (Å²) in [5.41, 5.74) is 3.91. The van der Waals surface area contributed by atoms with Gasteiger partial charge in [-0.3, -0.25) is 0 Å². The van der Waals surface area contributed by atoms with E-state index in [4.69, 9.17) is 11.6 Å². The molecule has 2 heteroatoms. The maximum atomic E-state index is 5.99. The first-order valence-corrected chi connectivity index (χ1v) is 7.93. The smallest absolute Gasteiger partial charge is 0.0406 e. The molecule has 0 bridgehead atoms. The lowest BCUT2D eigenvalue weighted by atomic mass is 9.94. The van der Waals surface area contributed by atoms with Crippen LogP contribution >= 0.6 is 11.6 Å². The second-order valence-corrected chi connectivity index (χ2v) is 6.51. The summed E-state index contributed by atoms with van der Waals surface area (Å²) in [6.45, 7) is 8.85. The molecule has 2 rings (SSSR count). The number of rotatable bonds is 5. The van der Waals surface area contributed by atoms with E-state index in [-0.39, 0.29) is 0 Å². The van der Waals surface area contributed by atoms with Gasteiger partial charge in [-0.1, -0.05) is 67.4 Å². The van der Waals surface area contributed by atoms with E-state index in [1.807, 2.05) is 12.1 Å². The molecule has 0 heterocycles. The van der Waals surface area contributed by atoms with E-state index in [9.17, 15) is 0 Å². The molecule has 21 heavy (non-hydrogen) atoms. The summed E-state index contributed by atoms with van der Waals surface area (Å²) in [6, 6.07) is 17.5. The topological polar surface area (TPSA) is 12.0 Å². The van der Waals surface area contributed by atoms with Crippen LogP contribution in [0, 0.1) is 12.8 Å². The fourth-order valence-corrected chi connectivity index (χ4v) is 2.77.